The molecule has 2 aromatic rings. The van der Waals surface area contributed by atoms with Gasteiger partial charge in [-0.05, 0) is 48.4 Å². The van der Waals surface area contributed by atoms with E-state index >= 15 is 0 Å². The maximum Gasteiger partial charge on any atom is 0.142 e. The van der Waals surface area contributed by atoms with Crippen molar-refractivity contribution < 1.29 is 0 Å². The van der Waals surface area contributed by atoms with E-state index in [2.05, 4.69) is 40.0 Å². The van der Waals surface area contributed by atoms with Crippen LogP contribution in [0.1, 0.15) is 43.0 Å². The quantitative estimate of drug-likeness (QED) is 0.838. The highest BCUT2D eigenvalue weighted by Crippen LogP contribution is 2.38. The Bertz CT molecular complexity index is 777. The number of fused-ring (bicyclic) bond motifs is 1. The number of rotatable bonds is 3. The SMILES string of the molecule is CCCC1CCc2nc(N)c(C#N)c(-c3cccc(Br)c3)c2C1. The van der Waals surface area contributed by atoms with Crippen LogP contribution in [-0.2, 0) is 12.8 Å². The number of aryl methyl sites for hydroxylation is 1. The molecule has 3 nitrogen and oxygen atoms in total. The molecule has 1 heterocycles. The van der Waals surface area contributed by atoms with Gasteiger partial charge in [0.05, 0.1) is 0 Å². The summed E-state index contributed by atoms with van der Waals surface area (Å²) in [5, 5.41) is 9.62. The van der Waals surface area contributed by atoms with Crippen LogP contribution in [0.4, 0.5) is 5.82 Å². The van der Waals surface area contributed by atoms with Gasteiger partial charge < -0.3 is 5.73 Å². The standard InChI is InChI=1S/C19H20BrN3/c1-2-4-12-7-8-17-15(9-12)18(16(11-21)19(22)23-17)13-5-3-6-14(20)10-13/h3,5-6,10,12H,2,4,7-9H2,1H3,(H2,22,23). The smallest absolute Gasteiger partial charge is 0.142 e. The number of anilines is 1. The highest BCUT2D eigenvalue weighted by molar-refractivity contribution is 9.10. The summed E-state index contributed by atoms with van der Waals surface area (Å²) in [6, 6.07) is 10.4. The Morgan fingerprint density at radius 2 is 2.26 bits per heavy atom. The fraction of sp³-hybridized carbons (Fsp3) is 0.368. The molecule has 23 heavy (non-hydrogen) atoms. The maximum absolute atomic E-state index is 9.62. The van der Waals surface area contributed by atoms with Crippen molar-refractivity contribution in [2.75, 3.05) is 5.73 Å². The number of pyridine rings is 1. The third-order valence-corrected chi connectivity index (χ3v) is 5.11. The van der Waals surface area contributed by atoms with E-state index in [9.17, 15) is 5.26 Å². The molecule has 1 atom stereocenters. The Labute approximate surface area is 145 Å². The van der Waals surface area contributed by atoms with E-state index in [1.807, 2.05) is 18.2 Å². The van der Waals surface area contributed by atoms with Crippen LogP contribution in [0, 0.1) is 17.2 Å². The Morgan fingerprint density at radius 1 is 1.43 bits per heavy atom. The lowest BCUT2D eigenvalue weighted by molar-refractivity contribution is 0.419. The van der Waals surface area contributed by atoms with Crippen molar-refractivity contribution in [2.24, 2.45) is 5.92 Å². The highest BCUT2D eigenvalue weighted by atomic mass is 79.9. The molecule has 1 aliphatic rings. The molecular formula is C19H20BrN3. The summed E-state index contributed by atoms with van der Waals surface area (Å²) in [6.07, 6.45) is 5.53. The van der Waals surface area contributed by atoms with Crippen LogP contribution in [-0.4, -0.2) is 4.98 Å². The first-order chi connectivity index (χ1) is 11.1. The lowest BCUT2D eigenvalue weighted by Gasteiger charge is -2.27. The number of nitrogens with zero attached hydrogens (tertiary/aromatic N) is 2. The zero-order valence-corrected chi connectivity index (χ0v) is 14.9. The van der Waals surface area contributed by atoms with Crippen molar-refractivity contribution in [2.45, 2.75) is 39.0 Å². The number of aromatic nitrogens is 1. The van der Waals surface area contributed by atoms with Gasteiger partial charge in [0.15, 0.2) is 0 Å². The van der Waals surface area contributed by atoms with Crippen LogP contribution in [0.2, 0.25) is 0 Å². The minimum absolute atomic E-state index is 0.357. The van der Waals surface area contributed by atoms with Gasteiger partial charge in [0.2, 0.25) is 0 Å². The molecule has 0 radical (unpaired) electrons. The molecule has 0 fully saturated rings. The molecule has 0 saturated heterocycles. The topological polar surface area (TPSA) is 62.7 Å². The fourth-order valence-electron chi connectivity index (χ4n) is 3.58. The van der Waals surface area contributed by atoms with Crippen molar-refractivity contribution in [1.82, 2.24) is 4.98 Å². The van der Waals surface area contributed by atoms with Crippen molar-refractivity contribution in [3.05, 3.63) is 45.6 Å². The molecule has 1 aromatic carbocycles. The third-order valence-electron chi connectivity index (χ3n) is 4.62. The van der Waals surface area contributed by atoms with Gasteiger partial charge in [-0.2, -0.15) is 5.26 Å². The molecule has 118 valence electrons. The van der Waals surface area contributed by atoms with Crippen molar-refractivity contribution in [1.29, 1.82) is 5.26 Å². The number of hydrogen-bond acceptors (Lipinski definition) is 3. The Kier molecular flexibility index (Phi) is 4.68. The van der Waals surface area contributed by atoms with Crippen molar-refractivity contribution in [3.63, 3.8) is 0 Å². The van der Waals surface area contributed by atoms with Crippen LogP contribution >= 0.6 is 15.9 Å². The summed E-state index contributed by atoms with van der Waals surface area (Å²) >= 11 is 3.53. The summed E-state index contributed by atoms with van der Waals surface area (Å²) in [7, 11) is 0. The van der Waals surface area contributed by atoms with Crippen LogP contribution in [0.25, 0.3) is 11.1 Å². The second-order valence-corrected chi connectivity index (χ2v) is 7.11. The summed E-state index contributed by atoms with van der Waals surface area (Å²) in [5.41, 5.74) is 10.9. The average molecular weight is 370 g/mol. The van der Waals surface area contributed by atoms with Gasteiger partial charge in [0, 0.05) is 15.7 Å². The van der Waals surface area contributed by atoms with E-state index in [0.29, 0.717) is 17.3 Å². The molecule has 0 bridgehead atoms. The van der Waals surface area contributed by atoms with Gasteiger partial charge in [0.1, 0.15) is 17.5 Å². The first-order valence-corrected chi connectivity index (χ1v) is 8.90. The molecule has 1 aromatic heterocycles. The summed E-state index contributed by atoms with van der Waals surface area (Å²) in [5.74, 6) is 1.03. The van der Waals surface area contributed by atoms with E-state index < -0.39 is 0 Å². The lowest BCUT2D eigenvalue weighted by Crippen LogP contribution is -2.18. The number of nitriles is 1. The average Bonchev–Trinajstić information content (AvgIpc) is 2.54. The van der Waals surface area contributed by atoms with Crippen LogP contribution in [0.3, 0.4) is 0 Å². The van der Waals surface area contributed by atoms with E-state index in [0.717, 1.165) is 40.6 Å². The predicted octanol–water partition coefficient (Wildman–Crippen LogP) is 4.87. The number of nitrogens with two attached hydrogens (primary N) is 1. The number of benzene rings is 1. The Morgan fingerprint density at radius 3 is 2.96 bits per heavy atom. The summed E-state index contributed by atoms with van der Waals surface area (Å²) in [4.78, 5) is 4.53. The largest absolute Gasteiger partial charge is 0.383 e. The molecule has 4 heteroatoms. The molecule has 0 aliphatic heterocycles. The van der Waals surface area contributed by atoms with Gasteiger partial charge in [-0.25, -0.2) is 4.98 Å². The van der Waals surface area contributed by atoms with Crippen LogP contribution in [0.5, 0.6) is 0 Å². The third kappa shape index (κ3) is 3.11. The van der Waals surface area contributed by atoms with E-state index in [4.69, 9.17) is 5.73 Å². The normalized spacial score (nSPS) is 16.7. The second-order valence-electron chi connectivity index (χ2n) is 6.19. The van der Waals surface area contributed by atoms with Gasteiger partial charge in [-0.3, -0.25) is 0 Å². The maximum atomic E-state index is 9.62. The fourth-order valence-corrected chi connectivity index (χ4v) is 3.98. The zero-order chi connectivity index (χ0) is 16.4. The minimum Gasteiger partial charge on any atom is -0.383 e. The molecule has 0 saturated carbocycles. The molecule has 1 aliphatic carbocycles. The van der Waals surface area contributed by atoms with E-state index in [1.165, 1.54) is 18.4 Å². The van der Waals surface area contributed by atoms with Gasteiger partial charge in [0.25, 0.3) is 0 Å². The van der Waals surface area contributed by atoms with Gasteiger partial charge in [-0.15, -0.1) is 0 Å². The van der Waals surface area contributed by atoms with Crippen LogP contribution < -0.4 is 5.73 Å². The highest BCUT2D eigenvalue weighted by Gasteiger charge is 2.26. The predicted molar refractivity (Wildman–Crippen MR) is 96.9 cm³/mol. The monoisotopic (exact) mass is 369 g/mol. The van der Waals surface area contributed by atoms with E-state index in [-0.39, 0.29) is 0 Å². The number of nitrogen functional groups attached to an aromatic ring is 1. The second kappa shape index (κ2) is 6.72. The van der Waals surface area contributed by atoms with Gasteiger partial charge in [-0.1, -0.05) is 47.8 Å². The number of hydrogen-bond donors (Lipinski definition) is 1. The molecular weight excluding hydrogens is 350 g/mol. The summed E-state index contributed by atoms with van der Waals surface area (Å²) in [6.45, 7) is 2.23. The first kappa shape index (κ1) is 16.0. The Hall–Kier alpha value is -1.86. The van der Waals surface area contributed by atoms with Crippen molar-refractivity contribution >= 4 is 21.7 Å². The molecule has 3 rings (SSSR count). The minimum atomic E-state index is 0.357. The zero-order valence-electron chi connectivity index (χ0n) is 13.3. The summed E-state index contributed by atoms with van der Waals surface area (Å²) < 4.78 is 1.00. The van der Waals surface area contributed by atoms with Crippen LogP contribution in [0.15, 0.2) is 28.7 Å². The van der Waals surface area contributed by atoms with Gasteiger partial charge >= 0.3 is 0 Å². The molecule has 1 unspecified atom stereocenters. The molecule has 0 amide bonds. The molecule has 2 N–H and O–H groups in total. The lowest BCUT2D eigenvalue weighted by atomic mass is 9.79. The molecule has 0 spiro atoms. The Balaban J connectivity index is 2.20. The van der Waals surface area contributed by atoms with E-state index in [1.54, 1.807) is 0 Å². The first-order valence-electron chi connectivity index (χ1n) is 8.11. The number of halogens is 1. The van der Waals surface area contributed by atoms with Crippen molar-refractivity contribution in [3.8, 4) is 17.2 Å².